The molecule has 1 rings (SSSR count). The molecule has 0 aromatic carbocycles. The molecule has 0 amide bonds. The van der Waals surface area contributed by atoms with Gasteiger partial charge < -0.3 is 4.74 Å². The highest BCUT2D eigenvalue weighted by Crippen LogP contribution is 2.20. The van der Waals surface area contributed by atoms with Crippen LogP contribution in [0.1, 0.15) is 25.1 Å². The lowest BCUT2D eigenvalue weighted by molar-refractivity contribution is 0.118. The first-order chi connectivity index (χ1) is 7.67. The van der Waals surface area contributed by atoms with Gasteiger partial charge in [0.1, 0.15) is 0 Å². The summed E-state index contributed by atoms with van der Waals surface area (Å²) < 4.78 is 5.75. The van der Waals surface area contributed by atoms with Crippen LogP contribution in [0.5, 0.6) is 0 Å². The second-order valence-corrected chi connectivity index (χ2v) is 5.50. The van der Waals surface area contributed by atoms with Crippen LogP contribution >= 0.6 is 22.9 Å². The van der Waals surface area contributed by atoms with Crippen LogP contribution in [-0.4, -0.2) is 36.2 Å². The lowest BCUT2D eigenvalue weighted by Gasteiger charge is -2.27. The van der Waals surface area contributed by atoms with Gasteiger partial charge in [-0.05, 0) is 13.3 Å². The van der Waals surface area contributed by atoms with E-state index in [0.717, 1.165) is 26.1 Å². The first-order valence-corrected chi connectivity index (χ1v) is 6.70. The van der Waals surface area contributed by atoms with Gasteiger partial charge in [-0.3, -0.25) is 4.90 Å². The van der Waals surface area contributed by atoms with Crippen LogP contribution in [0.2, 0.25) is 4.47 Å². The fraction of sp³-hybridized carbons (Fsp3) is 0.727. The minimum Gasteiger partial charge on any atom is -0.383 e. The van der Waals surface area contributed by atoms with Crippen molar-refractivity contribution < 1.29 is 4.74 Å². The van der Waals surface area contributed by atoms with E-state index >= 15 is 0 Å². The van der Waals surface area contributed by atoms with Crippen molar-refractivity contribution in [2.24, 2.45) is 0 Å². The third-order valence-corrected chi connectivity index (χ3v) is 3.78. The van der Waals surface area contributed by atoms with E-state index in [1.807, 2.05) is 6.20 Å². The van der Waals surface area contributed by atoms with Gasteiger partial charge in [0.05, 0.1) is 6.61 Å². The number of aromatic nitrogens is 1. The van der Waals surface area contributed by atoms with Gasteiger partial charge >= 0.3 is 0 Å². The first kappa shape index (κ1) is 13.9. The first-order valence-electron chi connectivity index (χ1n) is 5.50. The zero-order valence-electron chi connectivity index (χ0n) is 10.1. The maximum Gasteiger partial charge on any atom is 0.183 e. The Balaban J connectivity index is 2.55. The summed E-state index contributed by atoms with van der Waals surface area (Å²) in [5, 5.41) is 0. The number of halogens is 1. The van der Waals surface area contributed by atoms with E-state index in [4.69, 9.17) is 16.3 Å². The van der Waals surface area contributed by atoms with Crippen molar-refractivity contribution >= 4 is 22.9 Å². The van der Waals surface area contributed by atoms with Gasteiger partial charge in [-0.15, -0.1) is 11.3 Å². The molecule has 0 spiro atoms. The van der Waals surface area contributed by atoms with Crippen molar-refractivity contribution in [2.75, 3.05) is 20.3 Å². The predicted molar refractivity (Wildman–Crippen MR) is 69.2 cm³/mol. The summed E-state index contributed by atoms with van der Waals surface area (Å²) >= 11 is 7.38. The highest BCUT2D eigenvalue weighted by atomic mass is 35.5. The molecule has 0 N–H and O–H groups in total. The molecule has 0 saturated carbocycles. The maximum atomic E-state index is 5.83. The quantitative estimate of drug-likeness (QED) is 0.755. The lowest BCUT2D eigenvalue weighted by Crippen LogP contribution is -2.34. The van der Waals surface area contributed by atoms with Crippen LogP contribution in [0.25, 0.3) is 0 Å². The summed E-state index contributed by atoms with van der Waals surface area (Å²) in [6.07, 6.45) is 2.99. The number of rotatable bonds is 7. The molecule has 5 heteroatoms. The molecule has 3 nitrogen and oxygen atoms in total. The molecule has 0 aliphatic rings. The highest BCUT2D eigenvalue weighted by molar-refractivity contribution is 7.15. The third-order valence-electron chi connectivity index (χ3n) is 2.68. The molecule has 92 valence electrons. The number of thiazole rings is 1. The van der Waals surface area contributed by atoms with Crippen molar-refractivity contribution in [1.29, 1.82) is 0 Å². The van der Waals surface area contributed by atoms with Crippen molar-refractivity contribution in [2.45, 2.75) is 32.9 Å². The Labute approximate surface area is 106 Å². The van der Waals surface area contributed by atoms with Gasteiger partial charge in [0.25, 0.3) is 0 Å². The van der Waals surface area contributed by atoms with Crippen molar-refractivity contribution in [1.82, 2.24) is 9.88 Å². The van der Waals surface area contributed by atoms with E-state index in [1.54, 1.807) is 18.4 Å². The molecule has 1 unspecified atom stereocenters. The van der Waals surface area contributed by atoms with Crippen LogP contribution in [0.3, 0.4) is 0 Å². The fourth-order valence-corrected chi connectivity index (χ4v) is 2.48. The number of methoxy groups -OCH3 is 1. The molecule has 0 aliphatic carbocycles. The van der Waals surface area contributed by atoms with E-state index in [0.29, 0.717) is 10.5 Å². The topological polar surface area (TPSA) is 25.4 Å². The van der Waals surface area contributed by atoms with E-state index in [1.165, 1.54) is 4.88 Å². The van der Waals surface area contributed by atoms with Crippen molar-refractivity contribution in [3.63, 3.8) is 0 Å². The molecular weight excluding hydrogens is 244 g/mol. The Morgan fingerprint density at radius 2 is 2.38 bits per heavy atom. The maximum absolute atomic E-state index is 5.83. The largest absolute Gasteiger partial charge is 0.383 e. The molecule has 1 atom stereocenters. The molecule has 1 aromatic heterocycles. The number of nitrogens with zero attached hydrogens (tertiary/aromatic N) is 2. The van der Waals surface area contributed by atoms with Crippen LogP contribution in [0, 0.1) is 0 Å². The molecule has 1 heterocycles. The average molecular weight is 263 g/mol. The Morgan fingerprint density at radius 1 is 1.62 bits per heavy atom. The van der Waals surface area contributed by atoms with E-state index < -0.39 is 0 Å². The molecule has 0 fully saturated rings. The average Bonchev–Trinajstić information content (AvgIpc) is 2.69. The van der Waals surface area contributed by atoms with Crippen molar-refractivity contribution in [3.8, 4) is 0 Å². The van der Waals surface area contributed by atoms with Gasteiger partial charge in [-0.2, -0.15) is 0 Å². The van der Waals surface area contributed by atoms with Crippen LogP contribution in [0.4, 0.5) is 0 Å². The SMILES string of the molecule is CCC(C)N(CCOC)Cc1cnc(Cl)s1. The van der Waals surface area contributed by atoms with E-state index in [2.05, 4.69) is 23.7 Å². The molecule has 16 heavy (non-hydrogen) atoms. The van der Waals surface area contributed by atoms with Gasteiger partial charge in [-0.25, -0.2) is 4.98 Å². The Hall–Kier alpha value is -0.160. The molecule has 0 radical (unpaired) electrons. The minimum absolute atomic E-state index is 0.552. The monoisotopic (exact) mass is 262 g/mol. The normalized spacial score (nSPS) is 13.3. The minimum atomic E-state index is 0.552. The summed E-state index contributed by atoms with van der Waals surface area (Å²) in [6, 6.07) is 0.552. The standard InChI is InChI=1S/C11H19ClN2OS/c1-4-9(2)14(5-6-15-3)8-10-7-13-11(12)16-10/h7,9H,4-6,8H2,1-3H3. The van der Waals surface area contributed by atoms with Crippen molar-refractivity contribution in [3.05, 3.63) is 15.5 Å². The number of ether oxygens (including phenoxy) is 1. The summed E-state index contributed by atoms with van der Waals surface area (Å²) in [7, 11) is 1.73. The summed E-state index contributed by atoms with van der Waals surface area (Å²) in [5.41, 5.74) is 0. The fourth-order valence-electron chi connectivity index (χ4n) is 1.48. The second-order valence-electron chi connectivity index (χ2n) is 3.80. The Kier molecular flexibility index (Phi) is 6.28. The van der Waals surface area contributed by atoms with Gasteiger partial charge in [0, 0.05) is 37.3 Å². The molecular formula is C11H19ClN2OS. The van der Waals surface area contributed by atoms with Crippen LogP contribution < -0.4 is 0 Å². The highest BCUT2D eigenvalue weighted by Gasteiger charge is 2.13. The van der Waals surface area contributed by atoms with E-state index in [-0.39, 0.29) is 0 Å². The van der Waals surface area contributed by atoms with Gasteiger partial charge in [-0.1, -0.05) is 18.5 Å². The third kappa shape index (κ3) is 4.37. The van der Waals surface area contributed by atoms with Gasteiger partial charge in [0.15, 0.2) is 4.47 Å². The molecule has 0 bridgehead atoms. The van der Waals surface area contributed by atoms with E-state index in [9.17, 15) is 0 Å². The zero-order chi connectivity index (χ0) is 12.0. The summed E-state index contributed by atoms with van der Waals surface area (Å²) in [5.74, 6) is 0. The van der Waals surface area contributed by atoms with Crippen LogP contribution in [-0.2, 0) is 11.3 Å². The smallest absolute Gasteiger partial charge is 0.183 e. The number of hydrogen-bond donors (Lipinski definition) is 0. The van der Waals surface area contributed by atoms with Gasteiger partial charge in [0.2, 0.25) is 0 Å². The molecule has 0 saturated heterocycles. The van der Waals surface area contributed by atoms with Crippen LogP contribution in [0.15, 0.2) is 6.20 Å². The lowest BCUT2D eigenvalue weighted by atomic mass is 10.2. The summed E-state index contributed by atoms with van der Waals surface area (Å²) in [6.45, 7) is 7.04. The zero-order valence-corrected chi connectivity index (χ0v) is 11.6. The summed E-state index contributed by atoms with van der Waals surface area (Å²) in [4.78, 5) is 7.67. The predicted octanol–water partition coefficient (Wildman–Crippen LogP) is 3.04. The molecule has 0 aliphatic heterocycles. The number of hydrogen-bond acceptors (Lipinski definition) is 4. The Morgan fingerprint density at radius 3 is 2.88 bits per heavy atom. The molecule has 1 aromatic rings. The Bertz CT molecular complexity index is 306. The second kappa shape index (κ2) is 7.22.